The highest BCUT2D eigenvalue weighted by Crippen LogP contribution is 2.25. The first-order chi connectivity index (χ1) is 13.0. The highest BCUT2D eigenvalue weighted by Gasteiger charge is 2.21. The van der Waals surface area contributed by atoms with Crippen LogP contribution in [0.5, 0.6) is 0 Å². The van der Waals surface area contributed by atoms with Gasteiger partial charge in [-0.3, -0.25) is 4.40 Å². The zero-order valence-electron chi connectivity index (χ0n) is 16.3. The van der Waals surface area contributed by atoms with Gasteiger partial charge in [0.15, 0.2) is 17.4 Å². The van der Waals surface area contributed by atoms with E-state index in [1.807, 2.05) is 34.9 Å². The number of nitrogens with one attached hydrogen (secondary N) is 2. The van der Waals surface area contributed by atoms with Crippen molar-refractivity contribution in [3.8, 4) is 0 Å². The summed E-state index contributed by atoms with van der Waals surface area (Å²) in [6, 6.07) is 14.3. The Morgan fingerprint density at radius 3 is 2.71 bits per heavy atom. The molecule has 0 saturated heterocycles. The molecule has 0 aliphatic heterocycles. The molecule has 28 heavy (non-hydrogen) atoms. The Labute approximate surface area is 191 Å². The lowest BCUT2D eigenvalue weighted by molar-refractivity contribution is 0.508. The number of pyridine rings is 1. The molecule has 2 N–H and O–H groups in total. The SMILES string of the molecule is CCNC(=NCc1nnc2ccccn12)NCC(C)(C)c1cccc(Br)c1.I. The van der Waals surface area contributed by atoms with E-state index >= 15 is 0 Å². The zero-order chi connectivity index (χ0) is 19.3. The fourth-order valence-electron chi connectivity index (χ4n) is 2.81. The monoisotopic (exact) mass is 556 g/mol. The van der Waals surface area contributed by atoms with Gasteiger partial charge in [0.2, 0.25) is 0 Å². The number of aliphatic imine (C=N–C) groups is 1. The van der Waals surface area contributed by atoms with E-state index in [1.165, 1.54) is 5.56 Å². The van der Waals surface area contributed by atoms with E-state index in [1.54, 1.807) is 0 Å². The highest BCUT2D eigenvalue weighted by atomic mass is 127. The number of aromatic nitrogens is 3. The molecule has 0 radical (unpaired) electrons. The Hall–Kier alpha value is -1.68. The maximum absolute atomic E-state index is 4.68. The molecule has 2 heterocycles. The van der Waals surface area contributed by atoms with Crippen molar-refractivity contribution in [3.63, 3.8) is 0 Å². The van der Waals surface area contributed by atoms with Crippen molar-refractivity contribution in [3.05, 3.63) is 64.5 Å². The summed E-state index contributed by atoms with van der Waals surface area (Å²) in [7, 11) is 0. The van der Waals surface area contributed by atoms with Gasteiger partial charge in [0, 0.05) is 29.2 Å². The second-order valence-electron chi connectivity index (χ2n) is 6.99. The highest BCUT2D eigenvalue weighted by molar-refractivity contribution is 14.0. The number of nitrogens with zero attached hydrogens (tertiary/aromatic N) is 4. The van der Waals surface area contributed by atoms with Crippen molar-refractivity contribution >= 4 is 51.5 Å². The van der Waals surface area contributed by atoms with Crippen molar-refractivity contribution < 1.29 is 0 Å². The summed E-state index contributed by atoms with van der Waals surface area (Å²) in [4.78, 5) is 4.68. The summed E-state index contributed by atoms with van der Waals surface area (Å²) in [5.41, 5.74) is 2.06. The van der Waals surface area contributed by atoms with Crippen LogP contribution in [0.3, 0.4) is 0 Å². The molecular formula is C20H26BrIN6. The van der Waals surface area contributed by atoms with E-state index in [4.69, 9.17) is 0 Å². The summed E-state index contributed by atoms with van der Waals surface area (Å²) in [6.07, 6.45) is 1.96. The molecule has 0 amide bonds. The third kappa shape index (κ3) is 5.66. The smallest absolute Gasteiger partial charge is 0.191 e. The van der Waals surface area contributed by atoms with E-state index in [2.05, 4.69) is 80.7 Å². The molecule has 0 bridgehead atoms. The van der Waals surface area contributed by atoms with E-state index in [0.717, 1.165) is 35.0 Å². The van der Waals surface area contributed by atoms with Crippen LogP contribution in [0, 0.1) is 0 Å². The molecule has 0 aliphatic carbocycles. The van der Waals surface area contributed by atoms with Crippen LogP contribution in [0.1, 0.15) is 32.2 Å². The quantitative estimate of drug-likeness (QED) is 0.272. The standard InChI is InChI=1S/C20H25BrN6.HI/c1-4-22-19(23-13-18-26-25-17-10-5-6-11-27(17)18)24-14-20(2,3)15-8-7-9-16(21)12-15;/h5-12H,4,13-14H2,1-3H3,(H2,22,23,24);1H. The largest absolute Gasteiger partial charge is 0.357 e. The number of guanidine groups is 1. The molecule has 3 aromatic rings. The molecule has 0 atom stereocenters. The van der Waals surface area contributed by atoms with E-state index in [9.17, 15) is 0 Å². The van der Waals surface area contributed by atoms with Crippen LogP contribution in [-0.2, 0) is 12.0 Å². The molecule has 150 valence electrons. The van der Waals surface area contributed by atoms with Crippen molar-refractivity contribution in [1.29, 1.82) is 0 Å². The third-order valence-electron chi connectivity index (χ3n) is 4.41. The third-order valence-corrected chi connectivity index (χ3v) is 4.90. The van der Waals surface area contributed by atoms with Crippen LogP contribution in [0.15, 0.2) is 58.1 Å². The topological polar surface area (TPSA) is 66.6 Å². The molecule has 3 rings (SSSR count). The Morgan fingerprint density at radius 1 is 1.14 bits per heavy atom. The van der Waals surface area contributed by atoms with Crippen molar-refractivity contribution in [2.24, 2.45) is 4.99 Å². The van der Waals surface area contributed by atoms with Gasteiger partial charge < -0.3 is 10.6 Å². The Morgan fingerprint density at radius 2 is 1.96 bits per heavy atom. The average Bonchev–Trinajstić information content (AvgIpc) is 3.07. The van der Waals surface area contributed by atoms with Crippen molar-refractivity contribution in [2.45, 2.75) is 32.7 Å². The van der Waals surface area contributed by atoms with Crippen LogP contribution in [0.25, 0.3) is 5.65 Å². The van der Waals surface area contributed by atoms with Crippen molar-refractivity contribution in [2.75, 3.05) is 13.1 Å². The second kappa shape index (κ2) is 10.2. The number of hydrogen-bond donors (Lipinski definition) is 2. The zero-order valence-corrected chi connectivity index (χ0v) is 20.2. The summed E-state index contributed by atoms with van der Waals surface area (Å²) >= 11 is 3.55. The fourth-order valence-corrected chi connectivity index (χ4v) is 3.21. The maximum atomic E-state index is 4.68. The van der Waals surface area contributed by atoms with E-state index in [-0.39, 0.29) is 29.4 Å². The minimum absolute atomic E-state index is 0. The normalized spacial score (nSPS) is 11.9. The molecule has 0 aliphatic rings. The predicted molar refractivity (Wildman–Crippen MR) is 128 cm³/mol. The minimum Gasteiger partial charge on any atom is -0.357 e. The van der Waals surface area contributed by atoms with Crippen LogP contribution < -0.4 is 10.6 Å². The first-order valence-corrected chi connectivity index (χ1v) is 9.86. The summed E-state index contributed by atoms with van der Waals surface area (Å²) in [5, 5.41) is 15.2. The predicted octanol–water partition coefficient (Wildman–Crippen LogP) is 4.14. The van der Waals surface area contributed by atoms with Gasteiger partial charge in [0.1, 0.15) is 6.54 Å². The molecular weight excluding hydrogens is 531 g/mol. The average molecular weight is 557 g/mol. The van der Waals surface area contributed by atoms with Crippen LogP contribution in [0.4, 0.5) is 0 Å². The molecule has 0 fully saturated rings. The van der Waals surface area contributed by atoms with Crippen LogP contribution in [-0.4, -0.2) is 33.6 Å². The molecule has 2 aromatic heterocycles. The van der Waals surface area contributed by atoms with Gasteiger partial charge in [-0.2, -0.15) is 0 Å². The van der Waals surface area contributed by atoms with Crippen molar-refractivity contribution in [1.82, 2.24) is 25.2 Å². The molecule has 6 nitrogen and oxygen atoms in total. The van der Waals surface area contributed by atoms with E-state index < -0.39 is 0 Å². The first-order valence-electron chi connectivity index (χ1n) is 9.06. The number of hydrogen-bond acceptors (Lipinski definition) is 3. The lowest BCUT2D eigenvalue weighted by Gasteiger charge is -2.27. The molecule has 0 unspecified atom stereocenters. The van der Waals surface area contributed by atoms with Crippen LogP contribution in [0.2, 0.25) is 0 Å². The van der Waals surface area contributed by atoms with Gasteiger partial charge in [-0.05, 0) is 36.8 Å². The fraction of sp³-hybridized carbons (Fsp3) is 0.350. The molecule has 0 spiro atoms. The maximum Gasteiger partial charge on any atom is 0.191 e. The summed E-state index contributed by atoms with van der Waals surface area (Å²) < 4.78 is 3.05. The Bertz CT molecular complexity index is 937. The second-order valence-corrected chi connectivity index (χ2v) is 7.90. The number of halogens is 2. The van der Waals surface area contributed by atoms with E-state index in [0.29, 0.717) is 6.54 Å². The Kier molecular flexibility index (Phi) is 8.23. The van der Waals surface area contributed by atoms with Gasteiger partial charge in [-0.1, -0.05) is 48.0 Å². The molecule has 0 saturated carbocycles. The van der Waals surface area contributed by atoms with Crippen LogP contribution >= 0.6 is 39.9 Å². The molecule has 8 heteroatoms. The minimum atomic E-state index is -0.0401. The van der Waals surface area contributed by atoms with Gasteiger partial charge in [0.25, 0.3) is 0 Å². The summed E-state index contributed by atoms with van der Waals surface area (Å²) in [5.74, 6) is 1.59. The number of fused-ring (bicyclic) bond motifs is 1. The lowest BCUT2D eigenvalue weighted by Crippen LogP contribution is -2.43. The lowest BCUT2D eigenvalue weighted by atomic mass is 9.85. The number of rotatable bonds is 6. The van der Waals surface area contributed by atoms with Gasteiger partial charge in [0.05, 0.1) is 0 Å². The van der Waals surface area contributed by atoms with Gasteiger partial charge in [-0.25, -0.2) is 4.99 Å². The number of benzene rings is 1. The molecule has 1 aromatic carbocycles. The Balaban J connectivity index is 0.00000280. The first kappa shape index (κ1) is 22.6. The van der Waals surface area contributed by atoms with Gasteiger partial charge in [-0.15, -0.1) is 34.2 Å². The van der Waals surface area contributed by atoms with Gasteiger partial charge >= 0.3 is 0 Å². The summed E-state index contributed by atoms with van der Waals surface area (Å²) in [6.45, 7) is 8.51.